The third-order valence-corrected chi connectivity index (χ3v) is 5.53. The van der Waals surface area contributed by atoms with Gasteiger partial charge in [-0.15, -0.1) is 0 Å². The molecule has 2 saturated heterocycles. The van der Waals surface area contributed by atoms with Crippen LogP contribution in [0.5, 0.6) is 0 Å². The van der Waals surface area contributed by atoms with Crippen LogP contribution in [0.4, 0.5) is 5.69 Å². The van der Waals surface area contributed by atoms with Crippen LogP contribution >= 0.6 is 11.6 Å². The van der Waals surface area contributed by atoms with Crippen molar-refractivity contribution < 1.29 is 4.79 Å². The first-order valence-corrected chi connectivity index (χ1v) is 8.64. The molecule has 0 N–H and O–H groups in total. The van der Waals surface area contributed by atoms with Crippen LogP contribution in [-0.2, 0) is 4.79 Å². The van der Waals surface area contributed by atoms with Gasteiger partial charge in [0.15, 0.2) is 0 Å². The number of fused-ring (bicyclic) bond motifs is 3. The van der Waals surface area contributed by atoms with E-state index >= 15 is 0 Å². The Morgan fingerprint density at radius 3 is 2.35 bits per heavy atom. The Hall–Kier alpha value is -1.80. The third-order valence-electron chi connectivity index (χ3n) is 5.28. The van der Waals surface area contributed by atoms with E-state index in [4.69, 9.17) is 11.6 Å². The standard InChI is InChI=1S/C20H20ClNO/c1-13-2-8-16(9-3-13)22-17-10-11-18(19(23)12-17)20(22)14-4-6-15(21)7-5-14/h2-9,17-18,20H,10-12H2,1H3/t17-,18+,20+/m0/s1. The summed E-state index contributed by atoms with van der Waals surface area (Å²) in [6, 6.07) is 17.1. The Balaban J connectivity index is 1.79. The first-order chi connectivity index (χ1) is 11.1. The number of rotatable bonds is 2. The van der Waals surface area contributed by atoms with Gasteiger partial charge in [0.05, 0.1) is 6.04 Å². The van der Waals surface area contributed by atoms with Crippen LogP contribution in [0.15, 0.2) is 48.5 Å². The Morgan fingerprint density at radius 1 is 1.00 bits per heavy atom. The quantitative estimate of drug-likeness (QED) is 0.778. The molecule has 0 spiro atoms. The summed E-state index contributed by atoms with van der Waals surface area (Å²) in [4.78, 5) is 15.0. The second kappa shape index (κ2) is 5.68. The van der Waals surface area contributed by atoms with Crippen LogP contribution in [0.2, 0.25) is 5.02 Å². The molecular weight excluding hydrogens is 306 g/mol. The molecule has 0 aromatic heterocycles. The Morgan fingerprint density at radius 2 is 1.70 bits per heavy atom. The van der Waals surface area contributed by atoms with Gasteiger partial charge in [-0.05, 0) is 49.6 Å². The number of Topliss-reactive ketones (excluding diaryl/α,β-unsaturated/α-hetero) is 1. The topological polar surface area (TPSA) is 20.3 Å². The molecule has 1 aliphatic carbocycles. The van der Waals surface area contributed by atoms with E-state index in [2.05, 4.69) is 48.2 Å². The summed E-state index contributed by atoms with van der Waals surface area (Å²) in [6.45, 7) is 2.10. The van der Waals surface area contributed by atoms with Crippen LogP contribution in [0.3, 0.4) is 0 Å². The van der Waals surface area contributed by atoms with Gasteiger partial charge in [-0.25, -0.2) is 0 Å². The van der Waals surface area contributed by atoms with Gasteiger partial charge in [0.2, 0.25) is 0 Å². The number of carbonyl (C=O) groups is 1. The van der Waals surface area contributed by atoms with Crippen LogP contribution in [-0.4, -0.2) is 11.8 Å². The number of hydrogen-bond donors (Lipinski definition) is 0. The lowest BCUT2D eigenvalue weighted by Crippen LogP contribution is -2.54. The molecule has 0 radical (unpaired) electrons. The Kier molecular flexibility index (Phi) is 3.65. The lowest BCUT2D eigenvalue weighted by Gasteiger charge is -2.52. The molecule has 2 aromatic rings. The molecule has 2 heterocycles. The zero-order chi connectivity index (χ0) is 16.0. The van der Waals surface area contributed by atoms with Crippen molar-refractivity contribution in [1.82, 2.24) is 0 Å². The van der Waals surface area contributed by atoms with Gasteiger partial charge < -0.3 is 4.90 Å². The van der Waals surface area contributed by atoms with Crippen molar-refractivity contribution >= 4 is 23.1 Å². The van der Waals surface area contributed by atoms with E-state index < -0.39 is 0 Å². The minimum atomic E-state index is 0.0995. The average molecular weight is 326 g/mol. The first kappa shape index (κ1) is 14.8. The summed E-state index contributed by atoms with van der Waals surface area (Å²) in [5.74, 6) is 0.520. The van der Waals surface area contributed by atoms with E-state index in [0.29, 0.717) is 18.2 Å². The van der Waals surface area contributed by atoms with Crippen molar-refractivity contribution in [3.8, 4) is 0 Å². The summed E-state index contributed by atoms with van der Waals surface area (Å²) in [7, 11) is 0. The molecule has 2 aliphatic heterocycles. The zero-order valence-electron chi connectivity index (χ0n) is 13.2. The fourth-order valence-electron chi connectivity index (χ4n) is 4.15. The molecule has 3 aliphatic rings. The molecule has 3 fully saturated rings. The highest BCUT2D eigenvalue weighted by atomic mass is 35.5. The van der Waals surface area contributed by atoms with Crippen LogP contribution in [0.1, 0.15) is 36.4 Å². The molecule has 2 aromatic carbocycles. The molecule has 2 bridgehead atoms. The van der Waals surface area contributed by atoms with Gasteiger partial charge in [-0.3, -0.25) is 4.79 Å². The number of aryl methyl sites for hydroxylation is 1. The van der Waals surface area contributed by atoms with E-state index in [1.54, 1.807) is 0 Å². The predicted molar refractivity (Wildman–Crippen MR) is 94.0 cm³/mol. The van der Waals surface area contributed by atoms with Gasteiger partial charge in [0, 0.05) is 29.1 Å². The smallest absolute Gasteiger partial charge is 0.140 e. The molecule has 0 amide bonds. The van der Waals surface area contributed by atoms with Gasteiger partial charge in [0.25, 0.3) is 0 Å². The van der Waals surface area contributed by atoms with Crippen molar-refractivity contribution in [2.24, 2.45) is 5.92 Å². The second-order valence-electron chi connectivity index (χ2n) is 6.75. The van der Waals surface area contributed by atoms with Crippen molar-refractivity contribution in [2.75, 3.05) is 4.90 Å². The number of anilines is 1. The highest BCUT2D eigenvalue weighted by Crippen LogP contribution is 2.47. The largest absolute Gasteiger partial charge is 0.360 e. The molecule has 118 valence electrons. The van der Waals surface area contributed by atoms with E-state index in [0.717, 1.165) is 17.9 Å². The highest BCUT2D eigenvalue weighted by Gasteiger charge is 2.47. The summed E-state index contributed by atoms with van der Waals surface area (Å²) in [6.07, 6.45) is 2.79. The van der Waals surface area contributed by atoms with Crippen LogP contribution in [0.25, 0.3) is 0 Å². The highest BCUT2D eigenvalue weighted by molar-refractivity contribution is 6.30. The SMILES string of the molecule is Cc1ccc(N2[C@H]3CC[C@H](C(=O)C3)[C@H]2c2ccc(Cl)cc2)cc1. The van der Waals surface area contributed by atoms with E-state index in [1.807, 2.05) is 12.1 Å². The lowest BCUT2D eigenvalue weighted by molar-refractivity contribution is -0.128. The maximum absolute atomic E-state index is 12.5. The summed E-state index contributed by atoms with van der Waals surface area (Å²) in [5, 5.41) is 0.739. The van der Waals surface area contributed by atoms with Gasteiger partial charge in [0.1, 0.15) is 5.78 Å². The minimum Gasteiger partial charge on any atom is -0.360 e. The van der Waals surface area contributed by atoms with Crippen molar-refractivity contribution in [2.45, 2.75) is 38.3 Å². The average Bonchev–Trinajstić information content (AvgIpc) is 2.56. The monoisotopic (exact) mass is 325 g/mol. The normalized spacial score (nSPS) is 26.6. The number of carbonyl (C=O) groups excluding carboxylic acids is 1. The molecule has 23 heavy (non-hydrogen) atoms. The molecule has 5 rings (SSSR count). The number of hydrogen-bond acceptors (Lipinski definition) is 2. The number of halogens is 1. The molecule has 2 nitrogen and oxygen atoms in total. The molecule has 1 saturated carbocycles. The predicted octanol–water partition coefficient (Wildman–Crippen LogP) is 4.95. The van der Waals surface area contributed by atoms with E-state index in [1.165, 1.54) is 16.8 Å². The summed E-state index contributed by atoms with van der Waals surface area (Å²) < 4.78 is 0. The Labute approximate surface area is 142 Å². The van der Waals surface area contributed by atoms with Crippen molar-refractivity contribution in [1.29, 1.82) is 0 Å². The molecule has 3 atom stereocenters. The third kappa shape index (κ3) is 2.55. The zero-order valence-corrected chi connectivity index (χ0v) is 14.0. The van der Waals surface area contributed by atoms with Gasteiger partial charge in [-0.2, -0.15) is 0 Å². The van der Waals surface area contributed by atoms with Gasteiger partial charge >= 0.3 is 0 Å². The molecule has 0 unspecified atom stereocenters. The maximum atomic E-state index is 12.5. The van der Waals surface area contributed by atoms with E-state index in [9.17, 15) is 4.79 Å². The number of piperidine rings is 2. The fraction of sp³-hybridized carbons (Fsp3) is 0.350. The van der Waals surface area contributed by atoms with Gasteiger partial charge in [-0.1, -0.05) is 41.4 Å². The maximum Gasteiger partial charge on any atom is 0.140 e. The second-order valence-corrected chi connectivity index (χ2v) is 7.18. The minimum absolute atomic E-state index is 0.0995. The fourth-order valence-corrected chi connectivity index (χ4v) is 4.28. The summed E-state index contributed by atoms with van der Waals surface area (Å²) >= 11 is 6.05. The number of benzene rings is 2. The molecular formula is C20H20ClNO. The van der Waals surface area contributed by atoms with Crippen LogP contribution < -0.4 is 4.90 Å². The van der Waals surface area contributed by atoms with Crippen molar-refractivity contribution in [3.63, 3.8) is 0 Å². The number of ketones is 1. The lowest BCUT2D eigenvalue weighted by atomic mass is 9.71. The van der Waals surface area contributed by atoms with Crippen molar-refractivity contribution in [3.05, 3.63) is 64.7 Å². The van der Waals surface area contributed by atoms with E-state index in [-0.39, 0.29) is 12.0 Å². The molecule has 3 heteroatoms. The number of nitrogens with zero attached hydrogens (tertiary/aromatic N) is 1. The Bertz CT molecular complexity index is 722. The summed E-state index contributed by atoms with van der Waals surface area (Å²) in [5.41, 5.74) is 3.67. The first-order valence-electron chi connectivity index (χ1n) is 8.26. The van der Waals surface area contributed by atoms with Crippen LogP contribution in [0, 0.1) is 12.8 Å².